The number of nitrogen functional groups attached to an aromatic ring is 1. The lowest BCUT2D eigenvalue weighted by atomic mass is 10.1. The van der Waals surface area contributed by atoms with Crippen LogP contribution in [0.4, 0.5) is 11.4 Å². The molecule has 4 N–H and O–H groups in total. The molecule has 14 heavy (non-hydrogen) atoms. The van der Waals surface area contributed by atoms with Gasteiger partial charge in [0.15, 0.2) is 0 Å². The van der Waals surface area contributed by atoms with Crippen LogP contribution >= 0.6 is 11.6 Å². The summed E-state index contributed by atoms with van der Waals surface area (Å²) in [5, 5.41) is 7.45. The molecule has 0 amide bonds. The lowest BCUT2D eigenvalue weighted by molar-refractivity contribution is 0.581. The summed E-state index contributed by atoms with van der Waals surface area (Å²) in [5.41, 5.74) is 8.69. The quantitative estimate of drug-likeness (QED) is 0.574. The molecule has 0 bridgehead atoms. The van der Waals surface area contributed by atoms with Crippen molar-refractivity contribution < 1.29 is 0 Å². The summed E-state index contributed by atoms with van der Waals surface area (Å²) in [7, 11) is 0. The number of fused-ring (bicyclic) bond motifs is 1. The Morgan fingerprint density at radius 3 is 3.07 bits per heavy atom. The molecule has 1 atom stereocenters. The van der Waals surface area contributed by atoms with Crippen molar-refractivity contribution in [2.45, 2.75) is 19.5 Å². The largest absolute Gasteiger partial charge is 0.397 e. The van der Waals surface area contributed by atoms with Gasteiger partial charge < -0.3 is 16.4 Å². The number of benzene rings is 1. The average molecular weight is 212 g/mol. The van der Waals surface area contributed by atoms with E-state index in [0.717, 1.165) is 35.1 Å². The highest BCUT2D eigenvalue weighted by Crippen LogP contribution is 2.31. The highest BCUT2D eigenvalue weighted by Gasteiger charge is 2.15. The molecular weight excluding hydrogens is 198 g/mol. The maximum Gasteiger partial charge on any atom is 0.0635 e. The monoisotopic (exact) mass is 211 g/mol. The van der Waals surface area contributed by atoms with Crippen LogP contribution in [0.3, 0.4) is 0 Å². The van der Waals surface area contributed by atoms with Crippen LogP contribution in [0.1, 0.15) is 12.5 Å². The van der Waals surface area contributed by atoms with E-state index in [9.17, 15) is 0 Å². The van der Waals surface area contributed by atoms with Crippen molar-refractivity contribution in [2.75, 3.05) is 17.6 Å². The second-order valence-corrected chi connectivity index (χ2v) is 4.06. The number of hydrogen-bond donors (Lipinski definition) is 3. The Morgan fingerprint density at radius 2 is 2.29 bits per heavy atom. The van der Waals surface area contributed by atoms with Crippen LogP contribution in [0.25, 0.3) is 0 Å². The van der Waals surface area contributed by atoms with E-state index < -0.39 is 0 Å². The fourth-order valence-electron chi connectivity index (χ4n) is 1.63. The van der Waals surface area contributed by atoms with Crippen molar-refractivity contribution in [3.05, 3.63) is 22.7 Å². The van der Waals surface area contributed by atoms with Crippen LogP contribution < -0.4 is 16.4 Å². The normalized spacial score (nSPS) is 20.9. The number of hydrogen-bond acceptors (Lipinski definition) is 3. The molecule has 0 saturated carbocycles. The second kappa shape index (κ2) is 3.67. The van der Waals surface area contributed by atoms with Crippen LogP contribution in [0.15, 0.2) is 12.1 Å². The molecule has 0 fully saturated rings. The van der Waals surface area contributed by atoms with Crippen molar-refractivity contribution in [3.63, 3.8) is 0 Å². The first-order valence-corrected chi connectivity index (χ1v) is 5.10. The fraction of sp³-hybridized carbons (Fsp3) is 0.400. The third-order valence-electron chi connectivity index (χ3n) is 2.50. The maximum absolute atomic E-state index is 6.10. The van der Waals surface area contributed by atoms with Crippen LogP contribution in [0.5, 0.6) is 0 Å². The van der Waals surface area contributed by atoms with E-state index >= 15 is 0 Å². The van der Waals surface area contributed by atoms with Crippen molar-refractivity contribution in [1.29, 1.82) is 0 Å². The van der Waals surface area contributed by atoms with Gasteiger partial charge in [0.05, 0.1) is 11.4 Å². The van der Waals surface area contributed by atoms with Crippen molar-refractivity contribution in [3.8, 4) is 0 Å². The number of nitrogens with one attached hydrogen (secondary N) is 2. The van der Waals surface area contributed by atoms with Gasteiger partial charge in [-0.25, -0.2) is 0 Å². The Hall–Kier alpha value is -0.930. The lowest BCUT2D eigenvalue weighted by Gasteiger charge is -2.11. The maximum atomic E-state index is 6.10. The van der Waals surface area contributed by atoms with Crippen molar-refractivity contribution in [1.82, 2.24) is 5.32 Å². The summed E-state index contributed by atoms with van der Waals surface area (Å²) in [6, 6.07) is 4.11. The zero-order valence-electron chi connectivity index (χ0n) is 8.10. The minimum atomic E-state index is 0.429. The molecule has 1 aliphatic heterocycles. The standard InChI is InChI=1S/C10H14ClN3/c1-6-4-14-10-7(5-13-6)8(11)2-3-9(10)12/h2-3,6,13-14H,4-5,12H2,1H3/t6-/m0/s1. The first-order chi connectivity index (χ1) is 6.68. The first-order valence-electron chi connectivity index (χ1n) is 4.72. The van der Waals surface area contributed by atoms with Gasteiger partial charge in [-0.1, -0.05) is 11.6 Å². The molecule has 0 spiro atoms. The van der Waals surface area contributed by atoms with Gasteiger partial charge in [0, 0.05) is 29.7 Å². The molecule has 1 aliphatic rings. The molecule has 2 rings (SSSR count). The van der Waals surface area contributed by atoms with Crippen LogP contribution in [0, 0.1) is 0 Å². The van der Waals surface area contributed by atoms with Gasteiger partial charge in [-0.05, 0) is 19.1 Å². The number of anilines is 2. The van der Waals surface area contributed by atoms with Crippen molar-refractivity contribution >= 4 is 23.0 Å². The number of nitrogens with two attached hydrogens (primary N) is 1. The number of rotatable bonds is 0. The first kappa shape index (κ1) is 9.62. The molecular formula is C10H14ClN3. The number of halogens is 1. The van der Waals surface area contributed by atoms with Crippen LogP contribution in [-0.4, -0.2) is 12.6 Å². The fourth-order valence-corrected chi connectivity index (χ4v) is 1.85. The minimum absolute atomic E-state index is 0.429. The molecule has 0 aliphatic carbocycles. The molecule has 0 aromatic heterocycles. The Kier molecular flexibility index (Phi) is 2.52. The Labute approximate surface area is 88.6 Å². The molecule has 1 heterocycles. The van der Waals surface area contributed by atoms with E-state index in [1.54, 1.807) is 0 Å². The SMILES string of the molecule is C[C@H]1CNc2c(N)ccc(Cl)c2CN1. The molecule has 0 radical (unpaired) electrons. The molecule has 0 unspecified atom stereocenters. The molecule has 0 saturated heterocycles. The van der Waals surface area contributed by atoms with E-state index in [2.05, 4.69) is 17.6 Å². The van der Waals surface area contributed by atoms with E-state index in [0.29, 0.717) is 6.04 Å². The van der Waals surface area contributed by atoms with Crippen LogP contribution in [0.2, 0.25) is 5.02 Å². The van der Waals surface area contributed by atoms with Gasteiger partial charge in [-0.3, -0.25) is 0 Å². The predicted octanol–water partition coefficient (Wildman–Crippen LogP) is 1.83. The van der Waals surface area contributed by atoms with Gasteiger partial charge in [0.1, 0.15) is 0 Å². The highest BCUT2D eigenvalue weighted by molar-refractivity contribution is 6.32. The van der Waals surface area contributed by atoms with E-state index in [1.807, 2.05) is 12.1 Å². The summed E-state index contributed by atoms with van der Waals surface area (Å²) >= 11 is 6.10. The van der Waals surface area contributed by atoms with E-state index in [4.69, 9.17) is 17.3 Å². The van der Waals surface area contributed by atoms with E-state index in [1.165, 1.54) is 0 Å². The second-order valence-electron chi connectivity index (χ2n) is 3.65. The van der Waals surface area contributed by atoms with Gasteiger partial charge >= 0.3 is 0 Å². The molecule has 76 valence electrons. The topological polar surface area (TPSA) is 50.1 Å². The summed E-state index contributed by atoms with van der Waals surface area (Å²) in [4.78, 5) is 0. The molecule has 4 heteroatoms. The van der Waals surface area contributed by atoms with Crippen molar-refractivity contribution in [2.24, 2.45) is 0 Å². The Bertz CT molecular complexity index is 318. The average Bonchev–Trinajstić information content (AvgIpc) is 2.35. The van der Waals surface area contributed by atoms with Gasteiger partial charge in [-0.15, -0.1) is 0 Å². The third-order valence-corrected chi connectivity index (χ3v) is 2.85. The minimum Gasteiger partial charge on any atom is -0.397 e. The molecule has 1 aromatic carbocycles. The highest BCUT2D eigenvalue weighted by atomic mass is 35.5. The van der Waals surface area contributed by atoms with Gasteiger partial charge in [0.25, 0.3) is 0 Å². The summed E-state index contributed by atoms with van der Waals surface area (Å²) < 4.78 is 0. The summed E-state index contributed by atoms with van der Waals surface area (Å²) in [6.45, 7) is 3.77. The predicted molar refractivity (Wildman–Crippen MR) is 60.7 cm³/mol. The van der Waals surface area contributed by atoms with Gasteiger partial charge in [0.2, 0.25) is 0 Å². The zero-order valence-corrected chi connectivity index (χ0v) is 8.86. The third kappa shape index (κ3) is 1.65. The zero-order chi connectivity index (χ0) is 10.1. The summed E-state index contributed by atoms with van der Waals surface area (Å²) in [5.74, 6) is 0. The molecule has 1 aromatic rings. The van der Waals surface area contributed by atoms with Gasteiger partial charge in [-0.2, -0.15) is 0 Å². The lowest BCUT2D eigenvalue weighted by Crippen LogP contribution is -2.29. The summed E-state index contributed by atoms with van der Waals surface area (Å²) in [6.07, 6.45) is 0. The Morgan fingerprint density at radius 1 is 1.50 bits per heavy atom. The molecule has 3 nitrogen and oxygen atoms in total. The van der Waals surface area contributed by atoms with E-state index in [-0.39, 0.29) is 0 Å². The smallest absolute Gasteiger partial charge is 0.0635 e. The van der Waals surface area contributed by atoms with Crippen LogP contribution in [-0.2, 0) is 6.54 Å². The Balaban J connectivity index is 2.44.